The molecule has 0 spiro atoms. The van der Waals surface area contributed by atoms with Crippen LogP contribution < -0.4 is 5.32 Å². The average Bonchev–Trinajstić information content (AvgIpc) is 3.40. The molecule has 2 aromatic carbocycles. The highest BCUT2D eigenvalue weighted by Gasteiger charge is 2.20. The van der Waals surface area contributed by atoms with Crippen molar-refractivity contribution in [3.05, 3.63) is 81.6 Å². The van der Waals surface area contributed by atoms with Crippen LogP contribution in [0.2, 0.25) is 5.02 Å². The number of aromatic nitrogens is 2. The number of hydrogen-bond acceptors (Lipinski definition) is 7. The topological polar surface area (TPSA) is 124 Å². The second-order valence-electron chi connectivity index (χ2n) is 5.82. The predicted molar refractivity (Wildman–Crippen MR) is 103 cm³/mol. The fraction of sp³-hybridized carbons (Fsp3) is 0. The normalized spacial score (nSPS) is 10.7. The number of rotatable bonds is 5. The van der Waals surface area contributed by atoms with Crippen LogP contribution in [0.5, 0.6) is 0 Å². The van der Waals surface area contributed by atoms with Gasteiger partial charge in [-0.05, 0) is 36.4 Å². The Balaban J connectivity index is 1.58. The van der Waals surface area contributed by atoms with E-state index in [2.05, 4.69) is 15.5 Å². The van der Waals surface area contributed by atoms with Gasteiger partial charge in [-0.2, -0.15) is 0 Å². The Kier molecular flexibility index (Phi) is 4.80. The van der Waals surface area contributed by atoms with Crippen LogP contribution in [0, 0.1) is 10.1 Å². The summed E-state index contributed by atoms with van der Waals surface area (Å²) in [6, 6.07) is 14.1. The second-order valence-corrected chi connectivity index (χ2v) is 6.20. The van der Waals surface area contributed by atoms with Crippen molar-refractivity contribution in [2.24, 2.45) is 0 Å². The number of benzene rings is 2. The molecule has 29 heavy (non-hydrogen) atoms. The maximum atomic E-state index is 12.5. The maximum absolute atomic E-state index is 12.5. The first-order valence-electron chi connectivity index (χ1n) is 8.25. The lowest BCUT2D eigenvalue weighted by Gasteiger charge is -2.07. The van der Waals surface area contributed by atoms with Gasteiger partial charge in [0.25, 0.3) is 17.5 Å². The van der Waals surface area contributed by atoms with Crippen molar-refractivity contribution in [1.82, 2.24) is 10.2 Å². The summed E-state index contributed by atoms with van der Waals surface area (Å²) in [4.78, 5) is 22.9. The minimum absolute atomic E-state index is 0.0100. The molecule has 0 aliphatic heterocycles. The Morgan fingerprint density at radius 3 is 2.62 bits per heavy atom. The van der Waals surface area contributed by atoms with Gasteiger partial charge >= 0.3 is 0 Å². The van der Waals surface area contributed by atoms with Crippen molar-refractivity contribution in [3.63, 3.8) is 0 Å². The fourth-order valence-electron chi connectivity index (χ4n) is 2.60. The van der Waals surface area contributed by atoms with Crippen LogP contribution >= 0.6 is 11.6 Å². The molecular weight excluding hydrogens is 400 g/mol. The molecule has 0 saturated heterocycles. The zero-order chi connectivity index (χ0) is 20.4. The van der Waals surface area contributed by atoms with Crippen LogP contribution in [0.1, 0.15) is 10.4 Å². The molecule has 4 aromatic rings. The minimum atomic E-state index is -0.647. The van der Waals surface area contributed by atoms with Crippen molar-refractivity contribution in [1.29, 1.82) is 0 Å². The second kappa shape index (κ2) is 7.56. The van der Waals surface area contributed by atoms with E-state index in [-0.39, 0.29) is 28.1 Å². The van der Waals surface area contributed by atoms with E-state index in [1.807, 2.05) is 0 Å². The summed E-state index contributed by atoms with van der Waals surface area (Å²) in [5, 5.41) is 21.3. The monoisotopic (exact) mass is 410 g/mol. The van der Waals surface area contributed by atoms with E-state index in [9.17, 15) is 14.9 Å². The van der Waals surface area contributed by atoms with Crippen LogP contribution in [-0.4, -0.2) is 21.0 Å². The molecular formula is C19H11ClN4O5. The first kappa shape index (κ1) is 18.4. The van der Waals surface area contributed by atoms with Gasteiger partial charge in [0.1, 0.15) is 5.02 Å². The molecule has 0 atom stereocenters. The first-order chi connectivity index (χ1) is 14.0. The van der Waals surface area contributed by atoms with Gasteiger partial charge in [-0.15, -0.1) is 10.2 Å². The Morgan fingerprint density at radius 1 is 1.07 bits per heavy atom. The van der Waals surface area contributed by atoms with Crippen molar-refractivity contribution in [3.8, 4) is 23.1 Å². The molecule has 144 valence electrons. The van der Waals surface area contributed by atoms with Crippen LogP contribution in [0.3, 0.4) is 0 Å². The third-order valence-electron chi connectivity index (χ3n) is 3.94. The summed E-state index contributed by atoms with van der Waals surface area (Å²) in [5.74, 6) is 0.315. The quantitative estimate of drug-likeness (QED) is 0.369. The molecule has 0 unspecified atom stereocenters. The van der Waals surface area contributed by atoms with Crippen molar-refractivity contribution in [2.75, 3.05) is 5.32 Å². The van der Waals surface area contributed by atoms with Gasteiger partial charge in [0, 0.05) is 17.3 Å². The lowest BCUT2D eigenvalue weighted by atomic mass is 10.1. The molecule has 4 rings (SSSR count). The Morgan fingerprint density at radius 2 is 1.86 bits per heavy atom. The highest BCUT2D eigenvalue weighted by atomic mass is 35.5. The summed E-state index contributed by atoms with van der Waals surface area (Å²) in [6.07, 6.45) is 1.49. The van der Waals surface area contributed by atoms with E-state index in [1.165, 1.54) is 24.5 Å². The molecule has 0 aliphatic carbocycles. The number of hydrogen-bond donors (Lipinski definition) is 1. The lowest BCUT2D eigenvalue weighted by Crippen LogP contribution is -2.13. The van der Waals surface area contributed by atoms with Gasteiger partial charge in [0.05, 0.1) is 16.7 Å². The minimum Gasteiger partial charge on any atom is -0.459 e. The molecule has 2 aromatic heterocycles. The zero-order valence-corrected chi connectivity index (χ0v) is 15.3. The van der Waals surface area contributed by atoms with Crippen molar-refractivity contribution in [2.45, 2.75) is 0 Å². The Labute approximate surface area is 168 Å². The van der Waals surface area contributed by atoms with Crippen molar-refractivity contribution >= 4 is 28.9 Å². The summed E-state index contributed by atoms with van der Waals surface area (Å²) < 4.78 is 10.8. The molecule has 2 heterocycles. The molecule has 0 fully saturated rings. The Bertz CT molecular complexity index is 1200. The highest BCUT2D eigenvalue weighted by molar-refractivity contribution is 6.36. The average molecular weight is 411 g/mol. The van der Waals surface area contributed by atoms with Gasteiger partial charge < -0.3 is 14.2 Å². The maximum Gasteiger partial charge on any atom is 0.288 e. The van der Waals surface area contributed by atoms with E-state index >= 15 is 0 Å². The number of halogens is 1. The number of anilines is 1. The number of nitrogens with zero attached hydrogens (tertiary/aromatic N) is 3. The van der Waals surface area contributed by atoms with Gasteiger partial charge in [-0.3, -0.25) is 14.9 Å². The van der Waals surface area contributed by atoms with Crippen LogP contribution in [0.15, 0.2) is 69.7 Å². The number of amides is 1. The molecule has 1 N–H and O–H groups in total. The molecule has 1 amide bonds. The van der Waals surface area contributed by atoms with Gasteiger partial charge in [0.2, 0.25) is 5.89 Å². The van der Waals surface area contributed by atoms with E-state index in [4.69, 9.17) is 20.4 Å². The summed E-state index contributed by atoms with van der Waals surface area (Å²) in [7, 11) is 0. The summed E-state index contributed by atoms with van der Waals surface area (Å²) in [6.45, 7) is 0. The molecule has 9 nitrogen and oxygen atoms in total. The molecule has 0 radical (unpaired) electrons. The number of furan rings is 1. The number of carbonyl (C=O) groups excluding carboxylic acids is 1. The third-order valence-corrected chi connectivity index (χ3v) is 4.34. The lowest BCUT2D eigenvalue weighted by molar-refractivity contribution is -0.384. The third kappa shape index (κ3) is 3.71. The SMILES string of the molecule is O=C(Nc1cccc(-c2nnc(-c3ccco3)o2)c1)c1cccc([N+](=O)[O-])c1Cl. The van der Waals surface area contributed by atoms with Crippen LogP contribution in [0.25, 0.3) is 23.1 Å². The smallest absolute Gasteiger partial charge is 0.288 e. The van der Waals surface area contributed by atoms with Gasteiger partial charge in [0.15, 0.2) is 5.76 Å². The summed E-state index contributed by atoms with van der Waals surface area (Å²) >= 11 is 6.00. The summed E-state index contributed by atoms with van der Waals surface area (Å²) in [5.41, 5.74) is 0.639. The van der Waals surface area contributed by atoms with Crippen LogP contribution in [0.4, 0.5) is 11.4 Å². The number of nitro groups is 1. The van der Waals surface area contributed by atoms with E-state index in [1.54, 1.807) is 36.4 Å². The fourth-order valence-corrected chi connectivity index (χ4v) is 2.89. The molecule has 10 heteroatoms. The van der Waals surface area contributed by atoms with Gasteiger partial charge in [-0.25, -0.2) is 0 Å². The number of nitrogens with one attached hydrogen (secondary N) is 1. The van der Waals surface area contributed by atoms with E-state index in [0.717, 1.165) is 0 Å². The number of nitro benzene ring substituents is 1. The highest BCUT2D eigenvalue weighted by Crippen LogP contribution is 2.29. The molecule has 0 bridgehead atoms. The van der Waals surface area contributed by atoms with Crippen molar-refractivity contribution < 1.29 is 18.6 Å². The Hall–Kier alpha value is -3.98. The van der Waals surface area contributed by atoms with Gasteiger partial charge in [-0.1, -0.05) is 23.7 Å². The molecule has 0 aliphatic rings. The van der Waals surface area contributed by atoms with E-state index in [0.29, 0.717) is 17.0 Å². The standard InChI is InChI=1S/C19H11ClN4O5/c20-16-13(6-2-7-14(16)24(26)27)17(25)21-12-5-1-4-11(10-12)18-22-23-19(29-18)15-8-3-9-28-15/h1-10H,(H,21,25). The first-order valence-corrected chi connectivity index (χ1v) is 8.63. The van der Waals surface area contributed by atoms with E-state index < -0.39 is 10.8 Å². The zero-order valence-electron chi connectivity index (χ0n) is 14.5. The largest absolute Gasteiger partial charge is 0.459 e. The van der Waals surface area contributed by atoms with Crippen LogP contribution in [-0.2, 0) is 0 Å². The number of carbonyl (C=O) groups is 1. The molecule has 0 saturated carbocycles. The predicted octanol–water partition coefficient (Wildman–Crippen LogP) is 4.81.